The van der Waals surface area contributed by atoms with E-state index in [1.807, 2.05) is 0 Å². The predicted molar refractivity (Wildman–Crippen MR) is 63.5 cm³/mol. The van der Waals surface area contributed by atoms with Crippen molar-refractivity contribution >= 4 is 18.9 Å². The third kappa shape index (κ3) is 2.08. The van der Waals surface area contributed by atoms with Crippen LogP contribution in [-0.2, 0) is 21.8 Å². The van der Waals surface area contributed by atoms with Crippen molar-refractivity contribution in [2.24, 2.45) is 5.73 Å². The molecule has 0 fully saturated rings. The molecule has 6 nitrogen and oxygen atoms in total. The van der Waals surface area contributed by atoms with Gasteiger partial charge >= 0.3 is 13.5 Å². The minimum Gasteiger partial charge on any atom is -0.497 e. The van der Waals surface area contributed by atoms with Crippen molar-refractivity contribution in [3.05, 3.63) is 23.3 Å². The van der Waals surface area contributed by atoms with E-state index in [0.29, 0.717) is 22.3 Å². The minimum atomic E-state index is -1.86. The molecule has 0 amide bonds. The first-order valence-corrected chi connectivity index (χ1v) is 5.37. The Labute approximate surface area is 105 Å². The average Bonchev–Trinajstić information content (AvgIpc) is 2.65. The van der Waals surface area contributed by atoms with Crippen molar-refractivity contribution in [3.63, 3.8) is 0 Å². The van der Waals surface area contributed by atoms with Crippen LogP contribution in [0.1, 0.15) is 17.5 Å². The number of hydrogen-bond donors (Lipinski definition) is 3. The van der Waals surface area contributed by atoms with Crippen LogP contribution in [-0.4, -0.2) is 30.8 Å². The van der Waals surface area contributed by atoms with Crippen LogP contribution in [0.3, 0.4) is 0 Å². The van der Waals surface area contributed by atoms with E-state index in [1.165, 1.54) is 14.6 Å². The summed E-state index contributed by atoms with van der Waals surface area (Å²) in [6.07, 6.45) is -0.546. The van der Waals surface area contributed by atoms with Crippen LogP contribution in [0.2, 0.25) is 0 Å². The summed E-state index contributed by atoms with van der Waals surface area (Å²) in [5, 5.41) is 19.1. The number of carboxylic acids is 1. The first-order valence-electron chi connectivity index (χ1n) is 5.37. The zero-order valence-corrected chi connectivity index (χ0v) is 9.84. The molecule has 7 heteroatoms. The maximum atomic E-state index is 10.8. The summed E-state index contributed by atoms with van der Waals surface area (Å²) in [5.41, 5.74) is 7.19. The number of hydrogen-bond acceptors (Lipinski definition) is 5. The van der Waals surface area contributed by atoms with Gasteiger partial charge in [0, 0.05) is 12.1 Å². The standard InChI is InChI=1S/C11H13BNO5/c1-17-7-2-6(5-13)10-8(3-7)12-18-11(10,16)4-9(14)15/h2-3,16H,4-5,13H2,1H3,(H,14,15). The van der Waals surface area contributed by atoms with Crippen LogP contribution >= 0.6 is 0 Å². The highest BCUT2D eigenvalue weighted by Gasteiger charge is 2.42. The molecular formula is C11H13BNO5. The van der Waals surface area contributed by atoms with Crippen LogP contribution in [0.15, 0.2) is 12.1 Å². The van der Waals surface area contributed by atoms with Crippen LogP contribution in [0.25, 0.3) is 0 Å². The van der Waals surface area contributed by atoms with Crippen molar-refractivity contribution < 1.29 is 24.4 Å². The Morgan fingerprint density at radius 1 is 1.61 bits per heavy atom. The van der Waals surface area contributed by atoms with Gasteiger partial charge in [-0.25, -0.2) is 0 Å². The number of fused-ring (bicyclic) bond motifs is 1. The summed E-state index contributed by atoms with van der Waals surface area (Å²) in [4.78, 5) is 10.8. The van der Waals surface area contributed by atoms with Gasteiger partial charge in [0.05, 0.1) is 7.11 Å². The lowest BCUT2D eigenvalue weighted by Crippen LogP contribution is -2.31. The lowest BCUT2D eigenvalue weighted by Gasteiger charge is -2.24. The van der Waals surface area contributed by atoms with Crippen molar-refractivity contribution in [2.45, 2.75) is 18.8 Å². The van der Waals surface area contributed by atoms with E-state index >= 15 is 0 Å². The number of benzene rings is 1. The first-order chi connectivity index (χ1) is 8.50. The van der Waals surface area contributed by atoms with Crippen molar-refractivity contribution in [1.29, 1.82) is 0 Å². The molecule has 1 aromatic carbocycles. The summed E-state index contributed by atoms with van der Waals surface area (Å²) >= 11 is 0. The average molecular weight is 250 g/mol. The van der Waals surface area contributed by atoms with E-state index < -0.39 is 18.2 Å². The second-order valence-corrected chi connectivity index (χ2v) is 4.05. The fourth-order valence-corrected chi connectivity index (χ4v) is 2.10. The molecule has 0 bridgehead atoms. The second-order valence-electron chi connectivity index (χ2n) is 4.05. The molecule has 95 valence electrons. The van der Waals surface area contributed by atoms with E-state index in [4.69, 9.17) is 20.2 Å². The molecule has 2 rings (SSSR count). The first kappa shape index (κ1) is 12.9. The van der Waals surface area contributed by atoms with Crippen LogP contribution in [0, 0.1) is 0 Å². The van der Waals surface area contributed by atoms with Crippen molar-refractivity contribution in [1.82, 2.24) is 0 Å². The lowest BCUT2D eigenvalue weighted by molar-refractivity contribution is -0.170. The zero-order valence-electron chi connectivity index (χ0n) is 9.84. The summed E-state index contributed by atoms with van der Waals surface area (Å²) in [5.74, 6) is -2.44. The third-order valence-corrected chi connectivity index (χ3v) is 2.84. The lowest BCUT2D eigenvalue weighted by atomic mass is 9.83. The zero-order chi connectivity index (χ0) is 13.3. The van der Waals surface area contributed by atoms with Crippen LogP contribution in [0.4, 0.5) is 0 Å². The number of methoxy groups -OCH3 is 1. The second kappa shape index (κ2) is 4.60. The molecular weight excluding hydrogens is 237 g/mol. The molecule has 1 aliphatic rings. The molecule has 0 aromatic heterocycles. The molecule has 4 N–H and O–H groups in total. The monoisotopic (exact) mass is 250 g/mol. The molecule has 1 aromatic rings. The molecule has 0 saturated carbocycles. The fraction of sp³-hybridized carbons (Fsp3) is 0.364. The molecule has 18 heavy (non-hydrogen) atoms. The topological polar surface area (TPSA) is 102 Å². The Balaban J connectivity index is 2.51. The van der Waals surface area contributed by atoms with E-state index in [2.05, 4.69) is 0 Å². The molecule has 1 aliphatic heterocycles. The van der Waals surface area contributed by atoms with Gasteiger partial charge < -0.3 is 25.3 Å². The maximum absolute atomic E-state index is 10.8. The number of rotatable bonds is 4. The highest BCUT2D eigenvalue weighted by molar-refractivity contribution is 6.49. The van der Waals surface area contributed by atoms with Gasteiger partial charge in [-0.05, 0) is 23.2 Å². The highest BCUT2D eigenvalue weighted by atomic mass is 16.6. The van der Waals surface area contributed by atoms with Gasteiger partial charge in [-0.2, -0.15) is 0 Å². The Bertz CT molecular complexity index is 493. The maximum Gasteiger partial charge on any atom is 0.334 e. The Kier molecular flexibility index (Phi) is 3.29. The number of aliphatic carboxylic acids is 1. The van der Waals surface area contributed by atoms with Gasteiger partial charge in [-0.1, -0.05) is 0 Å². The smallest absolute Gasteiger partial charge is 0.334 e. The third-order valence-electron chi connectivity index (χ3n) is 2.84. The van der Waals surface area contributed by atoms with Gasteiger partial charge in [0.2, 0.25) is 0 Å². The SMILES string of the molecule is COc1cc2c(c(CN)c1)C(O)(CC(=O)O)O[B]2. The largest absolute Gasteiger partial charge is 0.497 e. The van der Waals surface area contributed by atoms with Crippen LogP contribution < -0.4 is 15.9 Å². The minimum absolute atomic E-state index is 0.151. The summed E-state index contributed by atoms with van der Waals surface area (Å²) < 4.78 is 10.2. The Hall–Kier alpha value is -1.57. The highest BCUT2D eigenvalue weighted by Crippen LogP contribution is 2.33. The van der Waals surface area contributed by atoms with Gasteiger partial charge in [0.25, 0.3) is 0 Å². The van der Waals surface area contributed by atoms with E-state index in [9.17, 15) is 9.90 Å². The summed E-state index contributed by atoms with van der Waals surface area (Å²) in [6, 6.07) is 3.32. The molecule has 1 unspecified atom stereocenters. The fourth-order valence-electron chi connectivity index (χ4n) is 2.10. The molecule has 0 spiro atoms. The molecule has 1 atom stereocenters. The number of nitrogens with two attached hydrogens (primary N) is 1. The van der Waals surface area contributed by atoms with Gasteiger partial charge in [0.15, 0.2) is 5.79 Å². The van der Waals surface area contributed by atoms with Gasteiger partial charge in [-0.15, -0.1) is 0 Å². The van der Waals surface area contributed by atoms with Crippen molar-refractivity contribution in [2.75, 3.05) is 7.11 Å². The van der Waals surface area contributed by atoms with Crippen molar-refractivity contribution in [3.8, 4) is 5.75 Å². The van der Waals surface area contributed by atoms with E-state index in [-0.39, 0.29) is 6.54 Å². The Morgan fingerprint density at radius 2 is 2.33 bits per heavy atom. The number of ether oxygens (including phenoxy) is 1. The normalized spacial score (nSPS) is 21.3. The van der Waals surface area contributed by atoms with Crippen LogP contribution in [0.5, 0.6) is 5.75 Å². The molecule has 0 saturated heterocycles. The summed E-state index contributed by atoms with van der Waals surface area (Å²) in [7, 11) is 2.83. The van der Waals surface area contributed by atoms with Gasteiger partial charge in [0.1, 0.15) is 12.2 Å². The summed E-state index contributed by atoms with van der Waals surface area (Å²) in [6.45, 7) is 0.151. The number of carbonyl (C=O) groups is 1. The van der Waals surface area contributed by atoms with Gasteiger partial charge in [-0.3, -0.25) is 4.79 Å². The van der Waals surface area contributed by atoms with E-state index in [0.717, 1.165) is 0 Å². The predicted octanol–water partition coefficient (Wildman–Crippen LogP) is -0.952. The Morgan fingerprint density at radius 3 is 2.89 bits per heavy atom. The molecule has 1 radical (unpaired) electrons. The molecule has 1 heterocycles. The number of aliphatic hydroxyl groups is 1. The quantitative estimate of drug-likeness (QED) is 0.595. The van der Waals surface area contributed by atoms with E-state index in [1.54, 1.807) is 12.1 Å². The molecule has 0 aliphatic carbocycles. The number of carboxylic acid groups (broad SMARTS) is 1.